The van der Waals surface area contributed by atoms with Gasteiger partial charge in [-0.2, -0.15) is 5.26 Å². The predicted molar refractivity (Wildman–Crippen MR) is 149 cm³/mol. The third kappa shape index (κ3) is 7.39. The van der Waals surface area contributed by atoms with Crippen LogP contribution in [0.2, 0.25) is 0 Å². The van der Waals surface area contributed by atoms with E-state index in [0.29, 0.717) is 29.0 Å². The van der Waals surface area contributed by atoms with Crippen LogP contribution in [0.5, 0.6) is 0 Å². The summed E-state index contributed by atoms with van der Waals surface area (Å²) in [6.07, 6.45) is -2.67. The summed E-state index contributed by atoms with van der Waals surface area (Å²) in [6, 6.07) is 15.3. The van der Waals surface area contributed by atoms with Crippen molar-refractivity contribution in [2.24, 2.45) is 0 Å². The number of nitrogens with zero attached hydrogens (tertiary/aromatic N) is 1. The number of rotatable bonds is 10. The van der Waals surface area contributed by atoms with E-state index in [1.165, 1.54) is 32.4 Å². The molecule has 11 heteroatoms. The second-order valence-corrected chi connectivity index (χ2v) is 10.7. The predicted octanol–water partition coefficient (Wildman–Crippen LogP) is 3.58. The lowest BCUT2D eigenvalue weighted by Gasteiger charge is -2.50. The summed E-state index contributed by atoms with van der Waals surface area (Å²) in [5, 5.41) is 9.90. The molecule has 0 amide bonds. The Labute approximate surface area is 249 Å². The average molecular weight is 594 g/mol. The lowest BCUT2D eigenvalue weighted by Crippen LogP contribution is -2.67. The summed E-state index contributed by atoms with van der Waals surface area (Å²) < 4.78 is 34.3. The maximum Gasteiger partial charge on any atom is 0.303 e. The fourth-order valence-corrected chi connectivity index (χ4v) is 5.39. The lowest BCUT2D eigenvalue weighted by molar-refractivity contribution is -0.367. The van der Waals surface area contributed by atoms with Gasteiger partial charge in [0.2, 0.25) is 11.9 Å². The van der Waals surface area contributed by atoms with Crippen LogP contribution in [-0.2, 0) is 59.8 Å². The molecule has 0 spiro atoms. The van der Waals surface area contributed by atoms with Crippen molar-refractivity contribution < 1.29 is 47.6 Å². The van der Waals surface area contributed by atoms with Crippen LogP contribution >= 0.6 is 0 Å². The van der Waals surface area contributed by atoms with Crippen LogP contribution in [0.4, 0.5) is 0 Å². The zero-order valence-corrected chi connectivity index (χ0v) is 24.8. The van der Waals surface area contributed by atoms with Gasteiger partial charge in [-0.25, -0.2) is 0 Å². The van der Waals surface area contributed by atoms with Gasteiger partial charge < -0.3 is 28.4 Å². The standard InChI is InChI=1S/C32H35NO10/c1-18(34)39-17-28-29(40-19(2)35)30(41-20(3)36)31(42-21(4)37)32(38-5,43-28)27-13-12-25(16-33)26(15-27)14-22-6-8-23(9-7-22)24-10-11-24/h6-9,12-13,15,24,28-31H,10-11,14,17H2,1-5H3/t28?,29-,30+,31-,32+/m1/s1. The number of ether oxygens (including phenoxy) is 6. The first-order valence-corrected chi connectivity index (χ1v) is 14.0. The fraction of sp³-hybridized carbons (Fsp3) is 0.469. The minimum absolute atomic E-state index is 0.330. The van der Waals surface area contributed by atoms with Gasteiger partial charge >= 0.3 is 23.9 Å². The maximum atomic E-state index is 12.4. The minimum atomic E-state index is -1.94. The first-order valence-electron chi connectivity index (χ1n) is 14.0. The third-order valence-electron chi connectivity index (χ3n) is 7.39. The summed E-state index contributed by atoms with van der Waals surface area (Å²) in [5.41, 5.74) is 3.64. The highest BCUT2D eigenvalue weighted by Crippen LogP contribution is 2.44. The summed E-state index contributed by atoms with van der Waals surface area (Å²) in [6.45, 7) is 4.25. The van der Waals surface area contributed by atoms with Crippen LogP contribution in [0.15, 0.2) is 42.5 Å². The molecule has 228 valence electrons. The van der Waals surface area contributed by atoms with Crippen molar-refractivity contribution in [3.05, 3.63) is 70.3 Å². The number of carbonyl (C=O) groups excluding carboxylic acids is 4. The molecule has 1 saturated carbocycles. The Balaban J connectivity index is 1.83. The molecular formula is C32H35NO10. The summed E-state index contributed by atoms with van der Waals surface area (Å²) in [7, 11) is 1.31. The number of nitriles is 1. The fourth-order valence-electron chi connectivity index (χ4n) is 5.39. The van der Waals surface area contributed by atoms with Gasteiger partial charge in [0.1, 0.15) is 12.7 Å². The van der Waals surface area contributed by atoms with Crippen LogP contribution in [0.25, 0.3) is 0 Å². The molecule has 11 nitrogen and oxygen atoms in total. The molecule has 0 bridgehead atoms. The van der Waals surface area contributed by atoms with E-state index in [1.54, 1.807) is 18.2 Å². The molecule has 2 aromatic rings. The second-order valence-electron chi connectivity index (χ2n) is 10.7. The normalized spacial score (nSPS) is 24.7. The Bertz CT molecular complexity index is 1410. The first kappa shape index (κ1) is 31.7. The SMILES string of the molecule is CO[C@@]1(c2ccc(C#N)c(Cc3ccc(C4CC4)cc3)c2)OC(COC(C)=O)[C@@H](OC(C)=O)[C@H](OC(C)=O)[C@H]1OC(C)=O. The van der Waals surface area contributed by atoms with Crippen molar-refractivity contribution in [1.29, 1.82) is 5.26 Å². The topological polar surface area (TPSA) is 147 Å². The summed E-state index contributed by atoms with van der Waals surface area (Å²) >= 11 is 0. The van der Waals surface area contributed by atoms with Gasteiger partial charge in [0, 0.05) is 40.4 Å². The molecule has 2 aromatic carbocycles. The Morgan fingerprint density at radius 1 is 0.884 bits per heavy atom. The molecule has 1 unspecified atom stereocenters. The van der Waals surface area contributed by atoms with E-state index in [4.69, 9.17) is 28.4 Å². The van der Waals surface area contributed by atoms with Crippen molar-refractivity contribution in [3.8, 4) is 6.07 Å². The molecule has 1 heterocycles. The van der Waals surface area contributed by atoms with Crippen molar-refractivity contribution in [2.45, 2.75) is 83.1 Å². The highest BCUT2D eigenvalue weighted by atomic mass is 16.7. The number of hydrogen-bond acceptors (Lipinski definition) is 11. The van der Waals surface area contributed by atoms with Crippen molar-refractivity contribution in [2.75, 3.05) is 13.7 Å². The number of benzene rings is 2. The molecule has 2 fully saturated rings. The van der Waals surface area contributed by atoms with E-state index in [1.807, 2.05) is 12.1 Å². The van der Waals surface area contributed by atoms with Crippen LogP contribution in [0, 0.1) is 11.3 Å². The summed E-state index contributed by atoms with van der Waals surface area (Å²) in [4.78, 5) is 48.5. The Morgan fingerprint density at radius 2 is 1.51 bits per heavy atom. The molecule has 2 aliphatic rings. The number of hydrogen-bond donors (Lipinski definition) is 0. The third-order valence-corrected chi connectivity index (χ3v) is 7.39. The van der Waals surface area contributed by atoms with Crippen molar-refractivity contribution >= 4 is 23.9 Å². The summed E-state index contributed by atoms with van der Waals surface area (Å²) in [5.74, 6) is -4.21. The van der Waals surface area contributed by atoms with Crippen molar-refractivity contribution in [1.82, 2.24) is 0 Å². The Morgan fingerprint density at radius 3 is 2.05 bits per heavy atom. The zero-order chi connectivity index (χ0) is 31.3. The lowest BCUT2D eigenvalue weighted by atomic mass is 9.85. The molecule has 1 aliphatic carbocycles. The van der Waals surface area contributed by atoms with Gasteiger partial charge in [-0.15, -0.1) is 0 Å². The molecule has 0 aromatic heterocycles. The number of esters is 4. The van der Waals surface area contributed by atoms with Crippen LogP contribution in [0.1, 0.15) is 74.3 Å². The average Bonchev–Trinajstić information content (AvgIpc) is 3.80. The van der Waals surface area contributed by atoms with E-state index < -0.39 is 60.7 Å². The van der Waals surface area contributed by atoms with Crippen LogP contribution in [-0.4, -0.2) is 62.0 Å². The van der Waals surface area contributed by atoms with Crippen molar-refractivity contribution in [3.63, 3.8) is 0 Å². The van der Waals surface area contributed by atoms with Gasteiger partial charge in [-0.1, -0.05) is 30.3 Å². The van der Waals surface area contributed by atoms with E-state index in [2.05, 4.69) is 18.2 Å². The van der Waals surface area contributed by atoms with Gasteiger partial charge in [0.15, 0.2) is 12.2 Å². The van der Waals surface area contributed by atoms with Gasteiger partial charge in [0.05, 0.1) is 11.6 Å². The smallest absolute Gasteiger partial charge is 0.303 e. The Kier molecular flexibility index (Phi) is 9.84. The van der Waals surface area contributed by atoms with Crippen LogP contribution in [0.3, 0.4) is 0 Å². The number of carbonyl (C=O) groups is 4. The van der Waals surface area contributed by atoms with Crippen LogP contribution < -0.4 is 0 Å². The minimum Gasteiger partial charge on any atom is -0.463 e. The molecule has 1 saturated heterocycles. The van der Waals surface area contributed by atoms with E-state index >= 15 is 0 Å². The maximum absolute atomic E-state index is 12.4. The van der Waals surface area contributed by atoms with E-state index in [0.717, 1.165) is 26.3 Å². The van der Waals surface area contributed by atoms with Gasteiger partial charge in [-0.3, -0.25) is 19.2 Å². The first-order chi connectivity index (χ1) is 20.5. The van der Waals surface area contributed by atoms with Gasteiger partial charge in [0.25, 0.3) is 0 Å². The monoisotopic (exact) mass is 593 g/mol. The molecular weight excluding hydrogens is 558 g/mol. The van der Waals surface area contributed by atoms with E-state index in [-0.39, 0.29) is 0 Å². The largest absolute Gasteiger partial charge is 0.463 e. The molecule has 0 N–H and O–H groups in total. The molecule has 1 aliphatic heterocycles. The number of methoxy groups -OCH3 is 1. The quantitative estimate of drug-likeness (QED) is 0.294. The zero-order valence-electron chi connectivity index (χ0n) is 24.8. The molecule has 5 atom stereocenters. The molecule has 0 radical (unpaired) electrons. The molecule has 4 rings (SSSR count). The highest BCUT2D eigenvalue weighted by Gasteiger charge is 2.61. The van der Waals surface area contributed by atoms with E-state index in [9.17, 15) is 24.4 Å². The van der Waals surface area contributed by atoms with Gasteiger partial charge in [-0.05, 0) is 54.0 Å². The highest BCUT2D eigenvalue weighted by molar-refractivity contribution is 5.69. The Hall–Kier alpha value is -4.27. The second kappa shape index (κ2) is 13.4. The molecule has 43 heavy (non-hydrogen) atoms.